The Labute approximate surface area is 103 Å². The van der Waals surface area contributed by atoms with E-state index in [1.807, 2.05) is 18.0 Å². The second kappa shape index (κ2) is 4.84. The molecule has 2 aromatic heterocycles. The quantitative estimate of drug-likeness (QED) is 0.790. The van der Waals surface area contributed by atoms with Crippen LogP contribution in [0, 0.1) is 0 Å². The molecular formula is C10H12ClN3OS. The van der Waals surface area contributed by atoms with Gasteiger partial charge in [0.1, 0.15) is 5.88 Å². The molecule has 0 fully saturated rings. The molecule has 86 valence electrons. The van der Waals surface area contributed by atoms with Crippen LogP contribution in [0.25, 0.3) is 0 Å². The topological polar surface area (TPSA) is 42.2 Å². The van der Waals surface area contributed by atoms with Gasteiger partial charge < -0.3 is 9.32 Å². The molecular weight excluding hydrogens is 246 g/mol. The lowest BCUT2D eigenvalue weighted by Crippen LogP contribution is -2.21. The Morgan fingerprint density at radius 1 is 1.56 bits per heavy atom. The van der Waals surface area contributed by atoms with Crippen molar-refractivity contribution >= 4 is 29.0 Å². The molecule has 0 saturated carbocycles. The van der Waals surface area contributed by atoms with Crippen LogP contribution in [0.4, 0.5) is 6.01 Å². The molecule has 0 aromatic carbocycles. The second-order valence-electron chi connectivity index (χ2n) is 3.41. The van der Waals surface area contributed by atoms with E-state index in [0.29, 0.717) is 11.9 Å². The predicted octanol–water partition coefficient (Wildman–Crippen LogP) is 3.07. The molecule has 0 bridgehead atoms. The molecule has 0 saturated heterocycles. The van der Waals surface area contributed by atoms with Gasteiger partial charge in [-0.05, 0) is 18.4 Å². The molecule has 0 N–H and O–H groups in total. The average molecular weight is 258 g/mol. The van der Waals surface area contributed by atoms with E-state index < -0.39 is 0 Å². The van der Waals surface area contributed by atoms with Gasteiger partial charge in [-0.2, -0.15) is 0 Å². The molecule has 0 spiro atoms. The number of hydrogen-bond acceptors (Lipinski definition) is 5. The maximum Gasteiger partial charge on any atom is 0.318 e. The summed E-state index contributed by atoms with van der Waals surface area (Å²) in [5.74, 6) is 0.690. The lowest BCUT2D eigenvalue weighted by atomic mass is 10.2. The van der Waals surface area contributed by atoms with Crippen LogP contribution in [0.2, 0.25) is 0 Å². The zero-order valence-corrected chi connectivity index (χ0v) is 10.6. The summed E-state index contributed by atoms with van der Waals surface area (Å²) in [6.07, 6.45) is 0. The number of anilines is 1. The van der Waals surface area contributed by atoms with Crippen molar-refractivity contribution in [3.8, 4) is 0 Å². The van der Waals surface area contributed by atoms with Crippen molar-refractivity contribution in [1.29, 1.82) is 0 Å². The Hall–Kier alpha value is -1.07. The van der Waals surface area contributed by atoms with Crippen molar-refractivity contribution < 1.29 is 4.42 Å². The third kappa shape index (κ3) is 2.20. The van der Waals surface area contributed by atoms with Crippen LogP contribution in [-0.2, 0) is 5.88 Å². The number of alkyl halides is 1. The van der Waals surface area contributed by atoms with Gasteiger partial charge in [0.15, 0.2) is 0 Å². The molecule has 0 aliphatic carbocycles. The lowest BCUT2D eigenvalue weighted by Gasteiger charge is -2.21. The minimum Gasteiger partial charge on any atom is -0.407 e. The highest BCUT2D eigenvalue weighted by Crippen LogP contribution is 2.27. The van der Waals surface area contributed by atoms with E-state index in [2.05, 4.69) is 28.6 Å². The third-order valence-electron chi connectivity index (χ3n) is 2.41. The van der Waals surface area contributed by atoms with Crippen LogP contribution < -0.4 is 4.90 Å². The van der Waals surface area contributed by atoms with Crippen molar-refractivity contribution in [3.63, 3.8) is 0 Å². The van der Waals surface area contributed by atoms with E-state index in [1.54, 1.807) is 11.3 Å². The Bertz CT molecular complexity index is 443. The minimum atomic E-state index is 0.212. The maximum absolute atomic E-state index is 5.61. The zero-order chi connectivity index (χ0) is 11.5. The molecule has 6 heteroatoms. The molecule has 1 atom stereocenters. The van der Waals surface area contributed by atoms with E-state index in [1.165, 1.54) is 4.88 Å². The summed E-state index contributed by atoms with van der Waals surface area (Å²) in [7, 11) is 1.93. The average Bonchev–Trinajstić information content (AvgIpc) is 2.97. The van der Waals surface area contributed by atoms with Gasteiger partial charge in [-0.25, -0.2) is 0 Å². The van der Waals surface area contributed by atoms with Crippen molar-refractivity contribution in [2.24, 2.45) is 0 Å². The fraction of sp³-hybridized carbons (Fsp3) is 0.400. The van der Waals surface area contributed by atoms with E-state index in [9.17, 15) is 0 Å². The fourth-order valence-corrected chi connectivity index (χ4v) is 2.26. The zero-order valence-electron chi connectivity index (χ0n) is 9.05. The summed E-state index contributed by atoms with van der Waals surface area (Å²) in [5.41, 5.74) is 0. The summed E-state index contributed by atoms with van der Waals surface area (Å²) >= 11 is 7.32. The van der Waals surface area contributed by atoms with Gasteiger partial charge in [-0.3, -0.25) is 0 Å². The molecule has 0 aliphatic heterocycles. The third-order valence-corrected chi connectivity index (χ3v) is 3.68. The van der Waals surface area contributed by atoms with Gasteiger partial charge in [-0.15, -0.1) is 28.0 Å². The van der Waals surface area contributed by atoms with E-state index >= 15 is 0 Å². The number of aromatic nitrogens is 2. The normalized spacial score (nSPS) is 12.7. The first kappa shape index (κ1) is 11.4. The number of rotatable bonds is 4. The van der Waals surface area contributed by atoms with Crippen molar-refractivity contribution in [2.75, 3.05) is 11.9 Å². The van der Waals surface area contributed by atoms with E-state index in [-0.39, 0.29) is 11.9 Å². The Balaban J connectivity index is 2.15. The summed E-state index contributed by atoms with van der Waals surface area (Å²) in [6, 6.07) is 4.83. The second-order valence-corrected chi connectivity index (χ2v) is 4.66. The molecule has 2 aromatic rings. The molecule has 0 amide bonds. The number of halogens is 1. The molecule has 0 radical (unpaired) electrons. The first-order chi connectivity index (χ1) is 7.72. The Morgan fingerprint density at radius 3 is 2.94 bits per heavy atom. The smallest absolute Gasteiger partial charge is 0.318 e. The van der Waals surface area contributed by atoms with Crippen molar-refractivity contribution in [2.45, 2.75) is 18.8 Å². The minimum absolute atomic E-state index is 0.212. The Kier molecular flexibility index (Phi) is 3.46. The monoisotopic (exact) mass is 257 g/mol. The summed E-state index contributed by atoms with van der Waals surface area (Å²) in [5, 5.41) is 9.83. The molecule has 0 aliphatic rings. The van der Waals surface area contributed by atoms with Gasteiger partial charge >= 0.3 is 6.01 Å². The molecule has 2 rings (SSSR count). The highest BCUT2D eigenvalue weighted by Gasteiger charge is 2.18. The summed E-state index contributed by atoms with van der Waals surface area (Å²) < 4.78 is 5.39. The molecule has 4 nitrogen and oxygen atoms in total. The SMILES string of the molecule is CC(c1cccs1)N(C)c1nnc(CCl)o1. The standard InChI is InChI=1S/C10H12ClN3OS/c1-7(8-4-3-5-16-8)14(2)10-13-12-9(6-11)15-10/h3-5,7H,6H2,1-2H3. The molecule has 2 heterocycles. The number of thiophene rings is 1. The summed E-state index contributed by atoms with van der Waals surface area (Å²) in [4.78, 5) is 3.20. The van der Waals surface area contributed by atoms with Gasteiger partial charge in [-0.1, -0.05) is 11.2 Å². The molecule has 16 heavy (non-hydrogen) atoms. The summed E-state index contributed by atoms with van der Waals surface area (Å²) in [6.45, 7) is 2.09. The van der Waals surface area contributed by atoms with Crippen molar-refractivity contribution in [3.05, 3.63) is 28.3 Å². The largest absolute Gasteiger partial charge is 0.407 e. The van der Waals surface area contributed by atoms with Crippen LogP contribution in [0.5, 0.6) is 0 Å². The van der Waals surface area contributed by atoms with E-state index in [0.717, 1.165) is 0 Å². The Morgan fingerprint density at radius 2 is 2.38 bits per heavy atom. The van der Waals surface area contributed by atoms with Gasteiger partial charge in [0.2, 0.25) is 5.89 Å². The highest BCUT2D eigenvalue weighted by atomic mass is 35.5. The van der Waals surface area contributed by atoms with Gasteiger partial charge in [0.05, 0.1) is 6.04 Å². The predicted molar refractivity (Wildman–Crippen MR) is 65.0 cm³/mol. The van der Waals surface area contributed by atoms with Crippen LogP contribution in [-0.4, -0.2) is 17.2 Å². The maximum atomic E-state index is 5.61. The first-order valence-electron chi connectivity index (χ1n) is 4.87. The first-order valence-corrected chi connectivity index (χ1v) is 6.28. The number of nitrogens with zero attached hydrogens (tertiary/aromatic N) is 3. The molecule has 1 unspecified atom stereocenters. The van der Waals surface area contributed by atoms with Crippen LogP contribution in [0.1, 0.15) is 23.7 Å². The number of hydrogen-bond donors (Lipinski definition) is 0. The van der Waals surface area contributed by atoms with Crippen LogP contribution in [0.3, 0.4) is 0 Å². The van der Waals surface area contributed by atoms with Crippen LogP contribution in [0.15, 0.2) is 21.9 Å². The van der Waals surface area contributed by atoms with Gasteiger partial charge in [0.25, 0.3) is 0 Å². The van der Waals surface area contributed by atoms with E-state index in [4.69, 9.17) is 16.0 Å². The van der Waals surface area contributed by atoms with Crippen molar-refractivity contribution in [1.82, 2.24) is 10.2 Å². The lowest BCUT2D eigenvalue weighted by molar-refractivity contribution is 0.495. The van der Waals surface area contributed by atoms with Crippen LogP contribution >= 0.6 is 22.9 Å². The highest BCUT2D eigenvalue weighted by molar-refractivity contribution is 7.10. The fourth-order valence-electron chi connectivity index (χ4n) is 1.33. The van der Waals surface area contributed by atoms with Gasteiger partial charge in [0, 0.05) is 11.9 Å².